The highest BCUT2D eigenvalue weighted by Gasteiger charge is 2.18. The molecule has 2 N–H and O–H groups in total. The smallest absolute Gasteiger partial charge is 0.260 e. The molecule has 0 saturated carbocycles. The largest absolute Gasteiger partial charge is 0.490 e. The Morgan fingerprint density at radius 1 is 0.938 bits per heavy atom. The molecule has 0 aromatic heterocycles. The number of carbonyl (C=O) groups excluding carboxylic acids is 3. The zero-order valence-electron chi connectivity index (χ0n) is 18.3. The molecule has 0 aliphatic carbocycles. The van der Waals surface area contributed by atoms with E-state index in [1.54, 1.807) is 30.3 Å². The SMILES string of the molecule is CCOc1cc(C(=O)NCC(=O)Nc2ccccc2)ccc1OCC(=O)N1CCCCC1. The molecular formula is C24H29N3O5. The lowest BCUT2D eigenvalue weighted by molar-refractivity contribution is -0.134. The van der Waals surface area contributed by atoms with E-state index in [1.165, 1.54) is 0 Å². The fourth-order valence-electron chi connectivity index (χ4n) is 3.40. The van der Waals surface area contributed by atoms with Gasteiger partial charge in [0.05, 0.1) is 13.2 Å². The van der Waals surface area contributed by atoms with Crippen molar-refractivity contribution in [3.8, 4) is 11.5 Å². The van der Waals surface area contributed by atoms with Crippen molar-refractivity contribution >= 4 is 23.4 Å². The van der Waals surface area contributed by atoms with Crippen LogP contribution in [0, 0.1) is 0 Å². The van der Waals surface area contributed by atoms with Crippen LogP contribution in [0.2, 0.25) is 0 Å². The molecular weight excluding hydrogens is 410 g/mol. The lowest BCUT2D eigenvalue weighted by atomic mass is 10.1. The van der Waals surface area contributed by atoms with Gasteiger partial charge in [-0.05, 0) is 56.5 Å². The van der Waals surface area contributed by atoms with Crippen LogP contribution in [0.3, 0.4) is 0 Å². The first-order valence-electron chi connectivity index (χ1n) is 10.9. The standard InChI is InChI=1S/C24H29N3O5/c1-2-31-21-15-18(24(30)25-16-22(28)26-19-9-5-3-6-10-19)11-12-20(21)32-17-23(29)27-13-7-4-8-14-27/h3,5-6,9-12,15H,2,4,7-8,13-14,16-17H2,1H3,(H,25,30)(H,26,28). The van der Waals surface area contributed by atoms with E-state index in [4.69, 9.17) is 9.47 Å². The predicted molar refractivity (Wildman–Crippen MR) is 121 cm³/mol. The number of rotatable bonds is 9. The molecule has 0 atom stereocenters. The van der Waals surface area contributed by atoms with Gasteiger partial charge < -0.3 is 25.0 Å². The summed E-state index contributed by atoms with van der Waals surface area (Å²) >= 11 is 0. The molecule has 170 valence electrons. The molecule has 3 amide bonds. The Kier molecular flexibility index (Phi) is 8.48. The number of ether oxygens (including phenoxy) is 2. The first-order valence-corrected chi connectivity index (χ1v) is 10.9. The van der Waals surface area contributed by atoms with Crippen molar-refractivity contribution in [3.63, 3.8) is 0 Å². The average molecular weight is 440 g/mol. The van der Waals surface area contributed by atoms with Crippen molar-refractivity contribution in [2.45, 2.75) is 26.2 Å². The minimum absolute atomic E-state index is 0.0570. The van der Waals surface area contributed by atoms with Gasteiger partial charge in [0.2, 0.25) is 5.91 Å². The number of benzene rings is 2. The van der Waals surface area contributed by atoms with Gasteiger partial charge in [-0.3, -0.25) is 14.4 Å². The molecule has 1 fully saturated rings. The molecule has 8 nitrogen and oxygen atoms in total. The molecule has 0 unspecified atom stereocenters. The number of nitrogens with zero attached hydrogens (tertiary/aromatic N) is 1. The molecule has 3 rings (SSSR count). The number of hydrogen-bond acceptors (Lipinski definition) is 5. The van der Waals surface area contributed by atoms with Gasteiger partial charge in [0.15, 0.2) is 18.1 Å². The van der Waals surface area contributed by atoms with Crippen LogP contribution >= 0.6 is 0 Å². The van der Waals surface area contributed by atoms with Gasteiger partial charge >= 0.3 is 0 Å². The zero-order chi connectivity index (χ0) is 22.8. The Hall–Kier alpha value is -3.55. The van der Waals surface area contributed by atoms with Crippen LogP contribution in [0.5, 0.6) is 11.5 Å². The Morgan fingerprint density at radius 2 is 1.69 bits per heavy atom. The third-order valence-electron chi connectivity index (χ3n) is 5.03. The zero-order valence-corrected chi connectivity index (χ0v) is 18.3. The number of piperidine rings is 1. The van der Waals surface area contributed by atoms with Crippen LogP contribution in [0.4, 0.5) is 5.69 Å². The fourth-order valence-corrected chi connectivity index (χ4v) is 3.40. The monoisotopic (exact) mass is 439 g/mol. The Labute approximate surface area is 187 Å². The van der Waals surface area contributed by atoms with Gasteiger partial charge in [-0.15, -0.1) is 0 Å². The summed E-state index contributed by atoms with van der Waals surface area (Å²) in [5.74, 6) is -0.0230. The number of amides is 3. The summed E-state index contributed by atoms with van der Waals surface area (Å²) in [5.41, 5.74) is 0.988. The maximum Gasteiger partial charge on any atom is 0.260 e. The van der Waals surface area contributed by atoms with E-state index in [9.17, 15) is 14.4 Å². The van der Waals surface area contributed by atoms with E-state index in [0.29, 0.717) is 29.4 Å². The average Bonchev–Trinajstić information content (AvgIpc) is 2.83. The van der Waals surface area contributed by atoms with Gasteiger partial charge in [-0.25, -0.2) is 0 Å². The first kappa shape index (κ1) is 23.1. The highest BCUT2D eigenvalue weighted by atomic mass is 16.5. The Balaban J connectivity index is 1.55. The molecule has 2 aromatic rings. The lowest BCUT2D eigenvalue weighted by Crippen LogP contribution is -2.38. The van der Waals surface area contributed by atoms with Gasteiger partial charge in [0.25, 0.3) is 11.8 Å². The van der Waals surface area contributed by atoms with Gasteiger partial charge in [-0.1, -0.05) is 18.2 Å². The third kappa shape index (κ3) is 6.73. The number of hydrogen-bond donors (Lipinski definition) is 2. The normalized spacial score (nSPS) is 13.2. The van der Waals surface area contributed by atoms with Crippen LogP contribution in [0.15, 0.2) is 48.5 Å². The van der Waals surface area contributed by atoms with Crippen molar-refractivity contribution in [1.29, 1.82) is 0 Å². The van der Waals surface area contributed by atoms with Crippen molar-refractivity contribution in [3.05, 3.63) is 54.1 Å². The van der Waals surface area contributed by atoms with Gasteiger partial charge in [0.1, 0.15) is 0 Å². The second-order valence-electron chi connectivity index (χ2n) is 7.42. The number of anilines is 1. The van der Waals surface area contributed by atoms with Crippen molar-refractivity contribution in [2.75, 3.05) is 38.2 Å². The summed E-state index contributed by atoms with van der Waals surface area (Å²) in [6.45, 7) is 3.48. The van der Waals surface area contributed by atoms with E-state index in [1.807, 2.05) is 30.0 Å². The predicted octanol–water partition coefficient (Wildman–Crippen LogP) is 2.85. The highest BCUT2D eigenvalue weighted by Crippen LogP contribution is 2.28. The summed E-state index contributed by atoms with van der Waals surface area (Å²) in [7, 11) is 0. The maximum atomic E-state index is 12.5. The molecule has 1 aliphatic rings. The van der Waals surface area contributed by atoms with Crippen molar-refractivity contribution < 1.29 is 23.9 Å². The molecule has 1 heterocycles. The summed E-state index contributed by atoms with van der Waals surface area (Å²) in [6.07, 6.45) is 3.18. The summed E-state index contributed by atoms with van der Waals surface area (Å²) in [4.78, 5) is 38.7. The molecule has 1 saturated heterocycles. The molecule has 1 aliphatic heterocycles. The molecule has 8 heteroatoms. The molecule has 0 spiro atoms. The third-order valence-corrected chi connectivity index (χ3v) is 5.03. The Morgan fingerprint density at radius 3 is 2.41 bits per heavy atom. The van der Waals surface area contributed by atoms with Crippen LogP contribution in [-0.2, 0) is 9.59 Å². The van der Waals surface area contributed by atoms with E-state index < -0.39 is 5.91 Å². The van der Waals surface area contributed by atoms with Gasteiger partial charge in [0, 0.05) is 24.3 Å². The van der Waals surface area contributed by atoms with Crippen LogP contribution < -0.4 is 20.1 Å². The minimum Gasteiger partial charge on any atom is -0.490 e. The summed E-state index contributed by atoms with van der Waals surface area (Å²) in [5, 5.41) is 5.30. The number of carbonyl (C=O) groups is 3. The number of para-hydroxylation sites is 1. The second kappa shape index (κ2) is 11.7. The van der Waals surface area contributed by atoms with Crippen LogP contribution in [0.25, 0.3) is 0 Å². The van der Waals surface area contributed by atoms with Crippen LogP contribution in [-0.4, -0.2) is 55.5 Å². The quantitative estimate of drug-likeness (QED) is 0.626. The second-order valence-corrected chi connectivity index (χ2v) is 7.42. The molecule has 2 aromatic carbocycles. The number of likely N-dealkylation sites (tertiary alicyclic amines) is 1. The Bertz CT molecular complexity index is 926. The highest BCUT2D eigenvalue weighted by molar-refractivity contribution is 5.99. The van der Waals surface area contributed by atoms with Crippen LogP contribution in [0.1, 0.15) is 36.5 Å². The first-order chi connectivity index (χ1) is 15.6. The maximum absolute atomic E-state index is 12.5. The summed E-state index contributed by atoms with van der Waals surface area (Å²) in [6, 6.07) is 13.7. The van der Waals surface area contributed by atoms with E-state index in [-0.39, 0.29) is 25.0 Å². The van der Waals surface area contributed by atoms with E-state index in [2.05, 4.69) is 10.6 Å². The molecule has 0 bridgehead atoms. The van der Waals surface area contributed by atoms with E-state index in [0.717, 1.165) is 32.4 Å². The van der Waals surface area contributed by atoms with Gasteiger partial charge in [-0.2, -0.15) is 0 Å². The van der Waals surface area contributed by atoms with Crippen molar-refractivity contribution in [1.82, 2.24) is 10.2 Å². The fraction of sp³-hybridized carbons (Fsp3) is 0.375. The molecule has 32 heavy (non-hydrogen) atoms. The van der Waals surface area contributed by atoms with Crippen molar-refractivity contribution in [2.24, 2.45) is 0 Å². The van der Waals surface area contributed by atoms with E-state index >= 15 is 0 Å². The lowest BCUT2D eigenvalue weighted by Gasteiger charge is -2.26. The number of nitrogens with one attached hydrogen (secondary N) is 2. The minimum atomic E-state index is -0.412. The summed E-state index contributed by atoms with van der Waals surface area (Å²) < 4.78 is 11.3. The topological polar surface area (TPSA) is 97.0 Å². The molecule has 0 radical (unpaired) electrons.